The number of hydrogen-bond donors (Lipinski definition) is 0. The third kappa shape index (κ3) is 3.42. The second-order valence-electron chi connectivity index (χ2n) is 5.41. The third-order valence-electron chi connectivity index (χ3n) is 3.61. The number of thiophene rings is 1. The number of Topliss-reactive ketones (excluding diaryl/α,β-unsaturated/α-hetero) is 1. The predicted octanol–water partition coefficient (Wildman–Crippen LogP) is 4.27. The Morgan fingerprint density at radius 3 is 2.58 bits per heavy atom. The molecule has 0 atom stereocenters. The van der Waals surface area contributed by atoms with Crippen LogP contribution in [0.2, 0.25) is 0 Å². The highest BCUT2D eigenvalue weighted by atomic mass is 32.2. The summed E-state index contributed by atoms with van der Waals surface area (Å²) in [5, 5.41) is 8.95. The summed E-state index contributed by atoms with van der Waals surface area (Å²) in [7, 11) is 1.84. The first-order valence-electron chi connectivity index (χ1n) is 7.34. The number of carbonyl (C=O) groups excluding carboxylic acids is 1. The maximum Gasteiger partial charge on any atom is 0.191 e. The molecule has 0 unspecified atom stereocenters. The van der Waals surface area contributed by atoms with Gasteiger partial charge >= 0.3 is 0 Å². The van der Waals surface area contributed by atoms with Crippen molar-refractivity contribution in [2.24, 2.45) is 7.05 Å². The largest absolute Gasteiger partial charge is 0.305 e. The highest BCUT2D eigenvalue weighted by Crippen LogP contribution is 2.26. The van der Waals surface area contributed by atoms with Crippen molar-refractivity contribution in [2.75, 3.05) is 5.75 Å². The molecule has 0 saturated heterocycles. The molecular weight excluding hydrogens is 345 g/mol. The highest BCUT2D eigenvalue weighted by molar-refractivity contribution is 7.99. The van der Waals surface area contributed by atoms with E-state index in [2.05, 4.69) is 10.2 Å². The minimum atomic E-state index is -0.289. The molecule has 0 spiro atoms. The van der Waals surface area contributed by atoms with Crippen molar-refractivity contribution in [3.8, 4) is 11.4 Å². The van der Waals surface area contributed by atoms with Crippen LogP contribution in [-0.2, 0) is 7.05 Å². The topological polar surface area (TPSA) is 47.8 Å². The second kappa shape index (κ2) is 6.86. The molecule has 2 heterocycles. The zero-order valence-corrected chi connectivity index (χ0v) is 15.2. The smallest absolute Gasteiger partial charge is 0.191 e. The first-order chi connectivity index (χ1) is 11.5. The average molecular weight is 361 g/mol. The molecular formula is C17H16FN3OS2. The van der Waals surface area contributed by atoms with E-state index in [4.69, 9.17) is 0 Å². The van der Waals surface area contributed by atoms with Crippen molar-refractivity contribution >= 4 is 28.9 Å². The van der Waals surface area contributed by atoms with Gasteiger partial charge in [-0.05, 0) is 44.2 Å². The van der Waals surface area contributed by atoms with Crippen molar-refractivity contribution in [2.45, 2.75) is 19.0 Å². The number of benzene rings is 1. The van der Waals surface area contributed by atoms with Crippen molar-refractivity contribution in [1.29, 1.82) is 0 Å². The lowest BCUT2D eigenvalue weighted by atomic mass is 10.2. The average Bonchev–Trinajstić information content (AvgIpc) is 3.08. The lowest BCUT2D eigenvalue weighted by Gasteiger charge is -2.04. The summed E-state index contributed by atoms with van der Waals surface area (Å²) in [6.07, 6.45) is 0. The van der Waals surface area contributed by atoms with Crippen molar-refractivity contribution in [1.82, 2.24) is 14.8 Å². The summed E-state index contributed by atoms with van der Waals surface area (Å²) < 4.78 is 14.8. The van der Waals surface area contributed by atoms with E-state index in [1.165, 1.54) is 23.9 Å². The van der Waals surface area contributed by atoms with Gasteiger partial charge in [-0.2, -0.15) is 0 Å². The molecule has 4 nitrogen and oxygen atoms in total. The van der Waals surface area contributed by atoms with E-state index >= 15 is 0 Å². The Labute approximate surface area is 147 Å². The molecule has 0 aliphatic rings. The summed E-state index contributed by atoms with van der Waals surface area (Å²) in [4.78, 5) is 14.5. The predicted molar refractivity (Wildman–Crippen MR) is 95.2 cm³/mol. The maximum atomic E-state index is 13.0. The van der Waals surface area contributed by atoms with E-state index in [0.717, 1.165) is 20.9 Å². The summed E-state index contributed by atoms with van der Waals surface area (Å²) in [6.45, 7) is 3.96. The molecule has 0 saturated carbocycles. The van der Waals surface area contributed by atoms with Crippen LogP contribution in [0, 0.1) is 19.7 Å². The van der Waals surface area contributed by atoms with Crippen LogP contribution < -0.4 is 0 Å². The number of rotatable bonds is 5. The fraction of sp³-hybridized carbons (Fsp3) is 0.235. The van der Waals surface area contributed by atoms with Gasteiger partial charge in [-0.1, -0.05) is 11.8 Å². The van der Waals surface area contributed by atoms with Gasteiger partial charge in [-0.3, -0.25) is 4.79 Å². The molecule has 3 aromatic rings. The van der Waals surface area contributed by atoms with Crippen molar-refractivity contribution < 1.29 is 9.18 Å². The number of nitrogens with zero attached hydrogens (tertiary/aromatic N) is 3. The fourth-order valence-corrected chi connectivity index (χ4v) is 4.14. The van der Waals surface area contributed by atoms with Crippen LogP contribution in [0.5, 0.6) is 0 Å². The zero-order valence-electron chi connectivity index (χ0n) is 13.5. The Morgan fingerprint density at radius 2 is 1.96 bits per heavy atom. The second-order valence-corrected chi connectivity index (χ2v) is 7.81. The quantitative estimate of drug-likeness (QED) is 0.503. The molecule has 0 radical (unpaired) electrons. The van der Waals surface area contributed by atoms with Crippen LogP contribution in [0.25, 0.3) is 11.4 Å². The molecule has 0 bridgehead atoms. The molecule has 0 amide bonds. The van der Waals surface area contributed by atoms with Crippen LogP contribution in [0.4, 0.5) is 4.39 Å². The number of halogens is 1. The van der Waals surface area contributed by atoms with Gasteiger partial charge in [-0.15, -0.1) is 21.5 Å². The van der Waals surface area contributed by atoms with E-state index < -0.39 is 0 Å². The normalized spacial score (nSPS) is 11.0. The van der Waals surface area contributed by atoms with Gasteiger partial charge in [0.25, 0.3) is 0 Å². The maximum absolute atomic E-state index is 13.0. The molecule has 2 aromatic heterocycles. The van der Waals surface area contributed by atoms with Gasteiger partial charge in [-0.25, -0.2) is 4.39 Å². The zero-order chi connectivity index (χ0) is 17.3. The Hall–Kier alpha value is -1.99. The van der Waals surface area contributed by atoms with Crippen LogP contribution in [0.15, 0.2) is 35.5 Å². The molecule has 3 rings (SSSR count). The molecule has 0 aliphatic heterocycles. The van der Waals surface area contributed by atoms with Crippen LogP contribution in [0.3, 0.4) is 0 Å². The molecule has 0 aliphatic carbocycles. The highest BCUT2D eigenvalue weighted by Gasteiger charge is 2.16. The molecule has 0 N–H and O–H groups in total. The van der Waals surface area contributed by atoms with Gasteiger partial charge < -0.3 is 4.57 Å². The van der Waals surface area contributed by atoms with Crippen LogP contribution >= 0.6 is 23.1 Å². The summed E-state index contributed by atoms with van der Waals surface area (Å²) in [5.74, 6) is 0.759. The summed E-state index contributed by atoms with van der Waals surface area (Å²) in [5.41, 5.74) is 1.57. The lowest BCUT2D eigenvalue weighted by molar-refractivity contribution is 0.102. The monoisotopic (exact) mass is 361 g/mol. The van der Waals surface area contributed by atoms with E-state index in [-0.39, 0.29) is 11.6 Å². The Balaban J connectivity index is 1.74. The molecule has 124 valence electrons. The number of carbonyl (C=O) groups is 1. The third-order valence-corrected chi connectivity index (χ3v) is 5.60. The first kappa shape index (κ1) is 16.9. The van der Waals surface area contributed by atoms with E-state index in [1.807, 2.05) is 31.5 Å². The Kier molecular flexibility index (Phi) is 4.82. The standard InChI is InChI=1S/C17H16FN3OS2/c1-10-8-14(11(2)24-10)15(22)9-23-17-20-19-16(21(17)3)12-4-6-13(18)7-5-12/h4-8H,9H2,1-3H3. The number of ketones is 1. The number of aromatic nitrogens is 3. The van der Waals surface area contributed by atoms with E-state index in [9.17, 15) is 9.18 Å². The number of thioether (sulfide) groups is 1. The summed E-state index contributed by atoms with van der Waals surface area (Å²) in [6, 6.07) is 8.04. The molecule has 24 heavy (non-hydrogen) atoms. The number of aryl methyl sites for hydroxylation is 2. The number of hydrogen-bond acceptors (Lipinski definition) is 5. The van der Waals surface area contributed by atoms with Crippen LogP contribution in [0.1, 0.15) is 20.1 Å². The van der Waals surface area contributed by atoms with Crippen LogP contribution in [-0.4, -0.2) is 26.3 Å². The van der Waals surface area contributed by atoms with Crippen molar-refractivity contribution in [3.63, 3.8) is 0 Å². The van der Waals surface area contributed by atoms with Gasteiger partial charge in [0.15, 0.2) is 16.8 Å². The van der Waals surface area contributed by atoms with Gasteiger partial charge in [0.2, 0.25) is 0 Å². The minimum Gasteiger partial charge on any atom is -0.305 e. The van der Waals surface area contributed by atoms with Gasteiger partial charge in [0.05, 0.1) is 5.75 Å². The first-order valence-corrected chi connectivity index (χ1v) is 9.14. The van der Waals surface area contributed by atoms with Gasteiger partial charge in [0, 0.05) is 27.9 Å². The molecule has 7 heteroatoms. The Bertz CT molecular complexity index is 884. The summed E-state index contributed by atoms with van der Waals surface area (Å²) >= 11 is 2.99. The SMILES string of the molecule is Cc1cc(C(=O)CSc2nnc(-c3ccc(F)cc3)n2C)c(C)s1. The fourth-order valence-electron chi connectivity index (χ4n) is 2.41. The molecule has 0 fully saturated rings. The lowest BCUT2D eigenvalue weighted by Crippen LogP contribution is -2.04. The van der Waals surface area contributed by atoms with Gasteiger partial charge in [0.1, 0.15) is 5.82 Å². The van der Waals surface area contributed by atoms with Crippen molar-refractivity contribution in [3.05, 3.63) is 51.5 Å². The van der Waals surface area contributed by atoms with E-state index in [1.54, 1.807) is 23.5 Å². The minimum absolute atomic E-state index is 0.0909. The van der Waals surface area contributed by atoms with E-state index in [0.29, 0.717) is 16.7 Å². The Morgan fingerprint density at radius 1 is 1.25 bits per heavy atom. The molecule has 1 aromatic carbocycles.